The molecule has 126 valence electrons. The highest BCUT2D eigenvalue weighted by atomic mass is 16.5. The monoisotopic (exact) mass is 327 g/mol. The van der Waals surface area contributed by atoms with Gasteiger partial charge in [0.1, 0.15) is 6.04 Å². The first-order chi connectivity index (χ1) is 11.7. The van der Waals surface area contributed by atoms with Crippen molar-refractivity contribution >= 4 is 5.91 Å². The van der Waals surface area contributed by atoms with Crippen molar-refractivity contribution in [3.63, 3.8) is 0 Å². The van der Waals surface area contributed by atoms with Crippen molar-refractivity contribution < 1.29 is 13.9 Å². The molecule has 0 saturated carbocycles. The van der Waals surface area contributed by atoms with E-state index in [0.717, 1.165) is 18.4 Å². The Hall–Kier alpha value is -2.21. The van der Waals surface area contributed by atoms with Gasteiger partial charge in [0, 0.05) is 19.0 Å². The Morgan fingerprint density at radius 1 is 1.21 bits per heavy atom. The molecule has 1 atom stereocenters. The lowest BCUT2D eigenvalue weighted by atomic mass is 9.90. The van der Waals surface area contributed by atoms with Crippen LogP contribution in [0.4, 0.5) is 0 Å². The van der Waals surface area contributed by atoms with E-state index in [1.54, 1.807) is 11.8 Å². The predicted octanol–water partition coefficient (Wildman–Crippen LogP) is 2.47. The summed E-state index contributed by atoms with van der Waals surface area (Å²) in [4.78, 5) is 14.8. The largest absolute Gasteiger partial charge is 0.423 e. The standard InChI is InChI=1S/C18H21N3O3/c1-12-19-20-17(24-12)16-11-23-9-8-21(16)18(22)15-7-6-13-4-2-3-5-14(13)10-15/h6-7,10,16H,2-5,8-9,11H2,1H3/t16-/m1/s1. The molecular weight excluding hydrogens is 306 g/mol. The lowest BCUT2D eigenvalue weighted by molar-refractivity contribution is -0.0106. The van der Waals surface area contributed by atoms with Crippen LogP contribution in [-0.2, 0) is 17.6 Å². The van der Waals surface area contributed by atoms with Gasteiger partial charge in [-0.1, -0.05) is 6.07 Å². The Kier molecular flexibility index (Phi) is 4.06. The van der Waals surface area contributed by atoms with Crippen molar-refractivity contribution in [1.29, 1.82) is 0 Å². The molecule has 2 aromatic rings. The van der Waals surface area contributed by atoms with E-state index in [0.29, 0.717) is 31.5 Å². The van der Waals surface area contributed by atoms with Gasteiger partial charge in [-0.05, 0) is 48.9 Å². The number of fused-ring (bicyclic) bond motifs is 1. The number of aryl methyl sites for hydroxylation is 3. The van der Waals surface area contributed by atoms with Gasteiger partial charge < -0.3 is 14.1 Å². The smallest absolute Gasteiger partial charge is 0.254 e. The third-order valence-corrected chi connectivity index (χ3v) is 4.81. The molecule has 0 N–H and O–H groups in total. The molecule has 0 spiro atoms. The van der Waals surface area contributed by atoms with Gasteiger partial charge in [-0.15, -0.1) is 10.2 Å². The van der Waals surface area contributed by atoms with Gasteiger partial charge in [0.05, 0.1) is 13.2 Å². The van der Waals surface area contributed by atoms with Gasteiger partial charge >= 0.3 is 0 Å². The molecule has 24 heavy (non-hydrogen) atoms. The molecule has 1 fully saturated rings. The molecule has 1 aromatic heterocycles. The number of carbonyl (C=O) groups is 1. The lowest BCUT2D eigenvalue weighted by Crippen LogP contribution is -2.43. The number of hydrogen-bond donors (Lipinski definition) is 0. The number of rotatable bonds is 2. The van der Waals surface area contributed by atoms with Gasteiger partial charge in [-0.3, -0.25) is 4.79 Å². The van der Waals surface area contributed by atoms with Crippen LogP contribution >= 0.6 is 0 Å². The molecule has 0 bridgehead atoms. The maximum absolute atomic E-state index is 13.1. The Labute approximate surface area is 140 Å². The maximum Gasteiger partial charge on any atom is 0.254 e. The Morgan fingerprint density at radius 2 is 2.04 bits per heavy atom. The molecule has 4 rings (SSSR count). The summed E-state index contributed by atoms with van der Waals surface area (Å²) in [6, 6.07) is 5.79. The maximum atomic E-state index is 13.1. The fourth-order valence-corrected chi connectivity index (χ4v) is 3.53. The van der Waals surface area contributed by atoms with Crippen LogP contribution < -0.4 is 0 Å². The molecule has 1 aliphatic carbocycles. The Balaban J connectivity index is 1.62. The number of ether oxygens (including phenoxy) is 1. The predicted molar refractivity (Wildman–Crippen MR) is 86.7 cm³/mol. The topological polar surface area (TPSA) is 68.5 Å². The van der Waals surface area contributed by atoms with Gasteiger partial charge in [0.25, 0.3) is 5.91 Å². The van der Waals surface area contributed by atoms with Crippen molar-refractivity contribution in [1.82, 2.24) is 15.1 Å². The summed E-state index contributed by atoms with van der Waals surface area (Å²) in [7, 11) is 0. The van der Waals surface area contributed by atoms with Crippen molar-refractivity contribution in [3.8, 4) is 0 Å². The quantitative estimate of drug-likeness (QED) is 0.847. The van der Waals surface area contributed by atoms with E-state index in [1.807, 2.05) is 6.07 Å². The highest BCUT2D eigenvalue weighted by Crippen LogP contribution is 2.27. The zero-order valence-corrected chi connectivity index (χ0v) is 13.8. The Bertz CT molecular complexity index is 756. The van der Waals surface area contributed by atoms with Gasteiger partial charge in [-0.2, -0.15) is 0 Å². The van der Waals surface area contributed by atoms with E-state index in [-0.39, 0.29) is 11.9 Å². The van der Waals surface area contributed by atoms with Crippen molar-refractivity contribution in [2.45, 2.75) is 38.6 Å². The first kappa shape index (κ1) is 15.3. The van der Waals surface area contributed by atoms with Crippen LogP contribution in [0.15, 0.2) is 22.6 Å². The summed E-state index contributed by atoms with van der Waals surface area (Å²) in [5, 5.41) is 7.95. The van der Waals surface area contributed by atoms with Gasteiger partial charge in [0.15, 0.2) is 0 Å². The van der Waals surface area contributed by atoms with Crippen LogP contribution in [0.5, 0.6) is 0 Å². The minimum atomic E-state index is -0.316. The molecule has 0 radical (unpaired) electrons. The summed E-state index contributed by atoms with van der Waals surface area (Å²) < 4.78 is 11.1. The molecule has 1 aromatic carbocycles. The van der Waals surface area contributed by atoms with E-state index in [1.165, 1.54) is 24.0 Å². The van der Waals surface area contributed by atoms with E-state index < -0.39 is 0 Å². The average Bonchev–Trinajstić information content (AvgIpc) is 3.07. The number of benzene rings is 1. The minimum Gasteiger partial charge on any atom is -0.423 e. The molecule has 2 heterocycles. The van der Waals surface area contributed by atoms with Crippen LogP contribution in [-0.4, -0.2) is 40.8 Å². The SMILES string of the molecule is Cc1nnc([C@H]2COCCN2C(=O)c2ccc3c(c2)CCCC3)o1. The highest BCUT2D eigenvalue weighted by molar-refractivity contribution is 5.94. The zero-order chi connectivity index (χ0) is 16.5. The van der Waals surface area contributed by atoms with Crippen LogP contribution in [0.1, 0.15) is 52.1 Å². The molecule has 2 aliphatic rings. The normalized spacial score (nSPS) is 20.7. The molecule has 0 unspecified atom stereocenters. The van der Waals surface area contributed by atoms with E-state index in [4.69, 9.17) is 9.15 Å². The van der Waals surface area contributed by atoms with Crippen LogP contribution in [0.25, 0.3) is 0 Å². The molecule has 6 nitrogen and oxygen atoms in total. The Morgan fingerprint density at radius 3 is 2.83 bits per heavy atom. The average molecular weight is 327 g/mol. The van der Waals surface area contributed by atoms with Crippen molar-refractivity contribution in [3.05, 3.63) is 46.7 Å². The van der Waals surface area contributed by atoms with Crippen molar-refractivity contribution in [2.75, 3.05) is 19.8 Å². The lowest BCUT2D eigenvalue weighted by Gasteiger charge is -2.33. The van der Waals surface area contributed by atoms with Crippen LogP contribution in [0.2, 0.25) is 0 Å². The second-order valence-electron chi connectivity index (χ2n) is 6.44. The van der Waals surface area contributed by atoms with Crippen LogP contribution in [0.3, 0.4) is 0 Å². The van der Waals surface area contributed by atoms with Crippen LogP contribution in [0, 0.1) is 6.92 Å². The number of aromatic nitrogens is 2. The fraction of sp³-hybridized carbons (Fsp3) is 0.500. The number of morpholine rings is 1. The number of amides is 1. The number of carbonyl (C=O) groups excluding carboxylic acids is 1. The summed E-state index contributed by atoms with van der Waals surface area (Å²) in [6.07, 6.45) is 4.62. The number of hydrogen-bond acceptors (Lipinski definition) is 5. The first-order valence-corrected chi connectivity index (χ1v) is 8.53. The zero-order valence-electron chi connectivity index (χ0n) is 13.8. The first-order valence-electron chi connectivity index (χ1n) is 8.53. The molecule has 6 heteroatoms. The molecular formula is C18H21N3O3. The summed E-state index contributed by atoms with van der Waals surface area (Å²) in [5.41, 5.74) is 3.42. The summed E-state index contributed by atoms with van der Waals surface area (Å²) >= 11 is 0. The third kappa shape index (κ3) is 2.82. The van der Waals surface area contributed by atoms with Gasteiger partial charge in [0.2, 0.25) is 11.8 Å². The van der Waals surface area contributed by atoms with E-state index >= 15 is 0 Å². The van der Waals surface area contributed by atoms with E-state index in [9.17, 15) is 4.79 Å². The second kappa shape index (κ2) is 6.36. The summed E-state index contributed by atoms with van der Waals surface area (Å²) in [6.45, 7) is 3.19. The third-order valence-electron chi connectivity index (χ3n) is 4.81. The molecule has 1 saturated heterocycles. The highest BCUT2D eigenvalue weighted by Gasteiger charge is 2.33. The van der Waals surface area contributed by atoms with Crippen molar-refractivity contribution in [2.24, 2.45) is 0 Å². The summed E-state index contributed by atoms with van der Waals surface area (Å²) in [5.74, 6) is 0.947. The van der Waals surface area contributed by atoms with E-state index in [2.05, 4.69) is 22.3 Å². The minimum absolute atomic E-state index is 0.00697. The fourth-order valence-electron chi connectivity index (χ4n) is 3.53. The molecule has 1 amide bonds. The number of nitrogens with zero attached hydrogens (tertiary/aromatic N) is 3. The van der Waals surface area contributed by atoms with Gasteiger partial charge in [-0.25, -0.2) is 0 Å². The second-order valence-corrected chi connectivity index (χ2v) is 6.44. The molecule has 1 aliphatic heterocycles.